The molecule has 1 aromatic rings. The van der Waals surface area contributed by atoms with E-state index in [0.717, 1.165) is 0 Å². The molecule has 1 unspecified atom stereocenters. The molecule has 0 saturated carbocycles. The fourth-order valence-corrected chi connectivity index (χ4v) is 1.10. The second kappa shape index (κ2) is 3.88. The van der Waals surface area contributed by atoms with Gasteiger partial charge in [0.15, 0.2) is 10.8 Å². The summed E-state index contributed by atoms with van der Waals surface area (Å²) >= 11 is 3.09. The molecular formula is C7H9BrFNO. The minimum absolute atomic E-state index is 0.306. The lowest BCUT2D eigenvalue weighted by Crippen LogP contribution is -2.02. The Morgan fingerprint density at radius 3 is 2.82 bits per heavy atom. The molecule has 0 aromatic carbocycles. The van der Waals surface area contributed by atoms with Crippen LogP contribution in [0.15, 0.2) is 21.2 Å². The number of hydrogen-bond acceptors (Lipinski definition) is 2. The zero-order valence-corrected chi connectivity index (χ0v) is 7.47. The number of alkyl halides is 1. The lowest BCUT2D eigenvalue weighted by Gasteiger charge is -2.00. The Hall–Kier alpha value is -0.350. The quantitative estimate of drug-likeness (QED) is 0.852. The molecule has 0 aliphatic heterocycles. The molecule has 1 aromatic heterocycles. The summed E-state index contributed by atoms with van der Waals surface area (Å²) < 4.78 is 18.5. The molecule has 0 radical (unpaired) electrons. The molecule has 2 nitrogen and oxygen atoms in total. The molecule has 0 aliphatic rings. The van der Waals surface area contributed by atoms with E-state index >= 15 is 0 Å². The second-order valence-corrected chi connectivity index (χ2v) is 2.97. The van der Waals surface area contributed by atoms with Gasteiger partial charge in [-0.25, -0.2) is 4.39 Å². The van der Waals surface area contributed by atoms with E-state index in [1.54, 1.807) is 12.1 Å². The highest BCUT2D eigenvalue weighted by atomic mass is 79.9. The van der Waals surface area contributed by atoms with Crippen molar-refractivity contribution in [3.8, 4) is 0 Å². The number of halogens is 2. The van der Waals surface area contributed by atoms with E-state index in [1.807, 2.05) is 0 Å². The first-order valence-corrected chi connectivity index (χ1v) is 4.12. The Kier molecular flexibility index (Phi) is 3.08. The maximum absolute atomic E-state index is 13.0. The van der Waals surface area contributed by atoms with Gasteiger partial charge in [-0.05, 0) is 41.0 Å². The van der Waals surface area contributed by atoms with Gasteiger partial charge >= 0.3 is 0 Å². The van der Waals surface area contributed by atoms with Crippen LogP contribution in [-0.4, -0.2) is 6.54 Å². The van der Waals surface area contributed by atoms with Crippen LogP contribution >= 0.6 is 15.9 Å². The van der Waals surface area contributed by atoms with Gasteiger partial charge in [-0.3, -0.25) is 0 Å². The van der Waals surface area contributed by atoms with Gasteiger partial charge in [-0.15, -0.1) is 0 Å². The van der Waals surface area contributed by atoms with Crippen LogP contribution in [0.25, 0.3) is 0 Å². The SMILES string of the molecule is NCCC(F)c1ccc(Br)o1. The van der Waals surface area contributed by atoms with Crippen LogP contribution < -0.4 is 5.73 Å². The summed E-state index contributed by atoms with van der Waals surface area (Å²) in [5.41, 5.74) is 5.18. The maximum atomic E-state index is 13.0. The van der Waals surface area contributed by atoms with Crippen LogP contribution in [0, 0.1) is 0 Å². The number of hydrogen-bond donors (Lipinski definition) is 1. The van der Waals surface area contributed by atoms with Gasteiger partial charge in [0.05, 0.1) is 0 Å². The Balaban J connectivity index is 2.60. The average molecular weight is 222 g/mol. The fourth-order valence-electron chi connectivity index (χ4n) is 0.785. The van der Waals surface area contributed by atoms with Crippen LogP contribution in [0.2, 0.25) is 0 Å². The molecule has 0 amide bonds. The smallest absolute Gasteiger partial charge is 0.169 e. The Morgan fingerprint density at radius 1 is 1.64 bits per heavy atom. The van der Waals surface area contributed by atoms with Gasteiger partial charge in [0.1, 0.15) is 5.76 Å². The monoisotopic (exact) mass is 221 g/mol. The van der Waals surface area contributed by atoms with E-state index in [4.69, 9.17) is 10.2 Å². The molecule has 62 valence electrons. The summed E-state index contributed by atoms with van der Waals surface area (Å²) in [7, 11) is 0. The number of nitrogens with two attached hydrogens (primary N) is 1. The third-order valence-electron chi connectivity index (χ3n) is 1.32. The first-order valence-electron chi connectivity index (χ1n) is 3.33. The van der Waals surface area contributed by atoms with Gasteiger partial charge < -0.3 is 10.2 Å². The van der Waals surface area contributed by atoms with Crippen LogP contribution in [-0.2, 0) is 0 Å². The molecule has 0 aliphatic carbocycles. The highest BCUT2D eigenvalue weighted by molar-refractivity contribution is 9.10. The normalized spacial score (nSPS) is 13.4. The van der Waals surface area contributed by atoms with Crippen LogP contribution in [0.1, 0.15) is 18.4 Å². The molecule has 2 N–H and O–H groups in total. The zero-order valence-electron chi connectivity index (χ0n) is 5.89. The predicted molar refractivity (Wildman–Crippen MR) is 43.9 cm³/mol. The second-order valence-electron chi connectivity index (χ2n) is 2.19. The van der Waals surface area contributed by atoms with Crippen molar-refractivity contribution < 1.29 is 8.81 Å². The topological polar surface area (TPSA) is 39.2 Å². The molecule has 1 atom stereocenters. The van der Waals surface area contributed by atoms with Gasteiger partial charge in [0, 0.05) is 0 Å². The van der Waals surface area contributed by atoms with Crippen LogP contribution in [0.4, 0.5) is 4.39 Å². The third-order valence-corrected chi connectivity index (χ3v) is 1.75. The van der Waals surface area contributed by atoms with Crippen molar-refractivity contribution in [1.29, 1.82) is 0 Å². The van der Waals surface area contributed by atoms with E-state index in [9.17, 15) is 4.39 Å². The largest absolute Gasteiger partial charge is 0.451 e. The van der Waals surface area contributed by atoms with E-state index in [1.165, 1.54) is 0 Å². The minimum atomic E-state index is -1.08. The van der Waals surface area contributed by atoms with Crippen molar-refractivity contribution in [1.82, 2.24) is 0 Å². The molecule has 0 bridgehead atoms. The zero-order chi connectivity index (χ0) is 8.27. The van der Waals surface area contributed by atoms with E-state index in [2.05, 4.69) is 15.9 Å². The summed E-state index contributed by atoms with van der Waals surface area (Å²) in [6.45, 7) is 0.333. The Morgan fingerprint density at radius 2 is 2.36 bits per heavy atom. The summed E-state index contributed by atoms with van der Waals surface area (Å²) in [4.78, 5) is 0. The standard InChI is InChI=1S/C7H9BrFNO/c8-7-2-1-6(11-7)5(9)3-4-10/h1-2,5H,3-4,10H2. The van der Waals surface area contributed by atoms with Crippen molar-refractivity contribution in [2.24, 2.45) is 5.73 Å². The van der Waals surface area contributed by atoms with E-state index in [0.29, 0.717) is 23.4 Å². The van der Waals surface area contributed by atoms with E-state index in [-0.39, 0.29) is 0 Å². The van der Waals surface area contributed by atoms with Crippen molar-refractivity contribution in [2.75, 3.05) is 6.54 Å². The Bertz CT molecular complexity index is 226. The van der Waals surface area contributed by atoms with E-state index < -0.39 is 6.17 Å². The predicted octanol–water partition coefficient (Wildman–Crippen LogP) is 2.40. The fraction of sp³-hybridized carbons (Fsp3) is 0.429. The van der Waals surface area contributed by atoms with Crippen molar-refractivity contribution in [3.63, 3.8) is 0 Å². The minimum Gasteiger partial charge on any atom is -0.451 e. The molecular weight excluding hydrogens is 213 g/mol. The van der Waals surface area contributed by atoms with Gasteiger partial charge in [-0.2, -0.15) is 0 Å². The summed E-state index contributed by atoms with van der Waals surface area (Å²) in [5, 5.41) is 0. The van der Waals surface area contributed by atoms with Crippen molar-refractivity contribution in [2.45, 2.75) is 12.6 Å². The van der Waals surface area contributed by atoms with Gasteiger partial charge in [-0.1, -0.05) is 0 Å². The van der Waals surface area contributed by atoms with Crippen molar-refractivity contribution >= 4 is 15.9 Å². The summed E-state index contributed by atoms with van der Waals surface area (Å²) in [6.07, 6.45) is -0.772. The molecule has 11 heavy (non-hydrogen) atoms. The van der Waals surface area contributed by atoms with Crippen LogP contribution in [0.3, 0.4) is 0 Å². The number of furan rings is 1. The van der Waals surface area contributed by atoms with Gasteiger partial charge in [0.2, 0.25) is 0 Å². The molecule has 1 heterocycles. The first-order chi connectivity index (χ1) is 5.24. The first kappa shape index (κ1) is 8.74. The lowest BCUT2D eigenvalue weighted by molar-refractivity contribution is 0.271. The molecule has 4 heteroatoms. The molecule has 0 saturated heterocycles. The van der Waals surface area contributed by atoms with Crippen molar-refractivity contribution in [3.05, 3.63) is 22.6 Å². The Labute approximate surface area is 72.7 Å². The highest BCUT2D eigenvalue weighted by Gasteiger charge is 2.12. The van der Waals surface area contributed by atoms with Gasteiger partial charge in [0.25, 0.3) is 0 Å². The number of rotatable bonds is 3. The average Bonchev–Trinajstić information content (AvgIpc) is 2.36. The molecule has 0 spiro atoms. The van der Waals surface area contributed by atoms with Crippen LogP contribution in [0.5, 0.6) is 0 Å². The highest BCUT2D eigenvalue weighted by Crippen LogP contribution is 2.24. The third kappa shape index (κ3) is 2.31. The summed E-state index contributed by atoms with van der Waals surface area (Å²) in [5.74, 6) is 0.335. The lowest BCUT2D eigenvalue weighted by atomic mass is 10.2. The maximum Gasteiger partial charge on any atom is 0.169 e. The summed E-state index contributed by atoms with van der Waals surface area (Å²) in [6, 6.07) is 3.27. The molecule has 0 fully saturated rings. The molecule has 1 rings (SSSR count).